The zero-order valence-corrected chi connectivity index (χ0v) is 21.8. The summed E-state index contributed by atoms with van der Waals surface area (Å²) < 4.78 is 34.4. The largest absolute Gasteiger partial charge is 0.363 e. The summed E-state index contributed by atoms with van der Waals surface area (Å²) in [4.78, 5) is 0. The van der Waals surface area contributed by atoms with Gasteiger partial charge < -0.3 is 5.32 Å². The van der Waals surface area contributed by atoms with Gasteiger partial charge in [-0.15, -0.1) is 0 Å². The molecule has 0 radical (unpaired) electrons. The lowest BCUT2D eigenvalue weighted by molar-refractivity contribution is 0.467. The van der Waals surface area contributed by atoms with E-state index < -0.39 is 16.5 Å². The number of hydrogen-bond donors (Lipinski definition) is 2. The summed E-state index contributed by atoms with van der Waals surface area (Å²) in [5, 5.41) is 3.23. The number of para-hydroxylation sites is 2. The molecule has 2 rings (SSSR count). The van der Waals surface area contributed by atoms with E-state index in [9.17, 15) is 13.0 Å². The topological polar surface area (TPSA) is 69.6 Å². The van der Waals surface area contributed by atoms with Gasteiger partial charge in [-0.1, -0.05) is 128 Å². The molecule has 0 aliphatic carbocycles. The van der Waals surface area contributed by atoms with Crippen molar-refractivity contribution in [2.24, 2.45) is 0 Å². The van der Waals surface area contributed by atoms with E-state index >= 15 is 0 Å². The molecule has 1 aromatic rings. The highest BCUT2D eigenvalue weighted by molar-refractivity contribution is 7.87. The van der Waals surface area contributed by atoms with Crippen molar-refractivity contribution in [2.45, 2.75) is 135 Å². The Kier molecular flexibility index (Phi) is 13.9. The van der Waals surface area contributed by atoms with E-state index in [1.165, 1.54) is 103 Å². The number of anilines is 2. The maximum Gasteiger partial charge on any atom is 0.361 e. The third-order valence-corrected chi connectivity index (χ3v) is 7.77. The number of hydrogen-bond acceptors (Lipinski definition) is 3. The van der Waals surface area contributed by atoms with Crippen molar-refractivity contribution in [2.75, 3.05) is 9.62 Å². The lowest BCUT2D eigenvalue weighted by Gasteiger charge is -2.23. The minimum Gasteiger partial charge on any atom is -0.363 e. The Morgan fingerprint density at radius 2 is 1.15 bits per heavy atom. The first kappa shape index (κ1) is 28.0. The number of nitrogens with zero attached hydrogens (tertiary/aromatic N) is 1. The lowest BCUT2D eigenvalue weighted by atomic mass is 10.0. The van der Waals surface area contributed by atoms with Gasteiger partial charge in [-0.3, -0.25) is 4.55 Å². The van der Waals surface area contributed by atoms with Gasteiger partial charge in [0.15, 0.2) is 0 Å². The first-order chi connectivity index (χ1) is 16.0. The maximum atomic E-state index is 11.8. The van der Waals surface area contributed by atoms with Gasteiger partial charge in [-0.05, 0) is 25.0 Å². The van der Waals surface area contributed by atoms with Crippen LogP contribution in [0.2, 0.25) is 0 Å². The van der Waals surface area contributed by atoms with Crippen LogP contribution in [0.4, 0.5) is 11.4 Å². The Balaban J connectivity index is 1.40. The van der Waals surface area contributed by atoms with Crippen LogP contribution in [0.5, 0.6) is 0 Å². The average Bonchev–Trinajstić information content (AvgIpc) is 3.17. The SMILES string of the molecule is CCCCCCCCCCCCCCCCCCCCC1Nc2ccccc2N1S(=O)(=O)O. The minimum atomic E-state index is -4.27. The summed E-state index contributed by atoms with van der Waals surface area (Å²) >= 11 is 0. The van der Waals surface area contributed by atoms with Gasteiger partial charge in [0.05, 0.1) is 11.4 Å². The monoisotopic (exact) mass is 480 g/mol. The Hall–Kier alpha value is -1.27. The van der Waals surface area contributed by atoms with E-state index in [4.69, 9.17) is 0 Å². The molecule has 0 saturated carbocycles. The van der Waals surface area contributed by atoms with E-state index in [1.807, 2.05) is 12.1 Å². The van der Waals surface area contributed by atoms with E-state index in [1.54, 1.807) is 12.1 Å². The fraction of sp³-hybridized carbons (Fsp3) is 0.778. The van der Waals surface area contributed by atoms with Gasteiger partial charge in [0.1, 0.15) is 6.17 Å². The smallest absolute Gasteiger partial charge is 0.361 e. The molecule has 1 atom stereocenters. The molecule has 2 N–H and O–H groups in total. The molecule has 1 heterocycles. The van der Waals surface area contributed by atoms with Crippen molar-refractivity contribution in [1.29, 1.82) is 0 Å². The highest BCUT2D eigenvalue weighted by atomic mass is 32.2. The standard InChI is InChI=1S/C27H48N2O3S/c1-2-3-4-5-6-7-8-9-10-11-12-13-14-15-16-17-18-19-24-27-28-25-22-20-21-23-26(25)29(27)33(30,31)32/h20-23,27-28H,2-19,24H2,1H3,(H,30,31,32). The quantitative estimate of drug-likeness (QED) is 0.145. The molecule has 0 spiro atoms. The molecule has 33 heavy (non-hydrogen) atoms. The summed E-state index contributed by atoms with van der Waals surface area (Å²) in [5.74, 6) is 0. The highest BCUT2D eigenvalue weighted by Gasteiger charge is 2.35. The van der Waals surface area contributed by atoms with Gasteiger partial charge in [-0.2, -0.15) is 8.42 Å². The van der Waals surface area contributed by atoms with Crippen LogP contribution in [0.3, 0.4) is 0 Å². The van der Waals surface area contributed by atoms with E-state index in [0.29, 0.717) is 12.1 Å². The molecule has 0 amide bonds. The molecular weight excluding hydrogens is 432 g/mol. The van der Waals surface area contributed by atoms with Crippen molar-refractivity contribution in [3.05, 3.63) is 24.3 Å². The Morgan fingerprint density at radius 1 is 0.727 bits per heavy atom. The Labute approximate surface area is 203 Å². The van der Waals surface area contributed by atoms with Crippen LogP contribution < -0.4 is 9.62 Å². The van der Waals surface area contributed by atoms with Crippen LogP contribution >= 0.6 is 0 Å². The lowest BCUT2D eigenvalue weighted by Crippen LogP contribution is -2.40. The third kappa shape index (κ3) is 11.1. The molecule has 0 aromatic heterocycles. The van der Waals surface area contributed by atoms with E-state index in [-0.39, 0.29) is 0 Å². The molecule has 1 aliphatic rings. The number of unbranched alkanes of at least 4 members (excludes halogenated alkanes) is 17. The van der Waals surface area contributed by atoms with Crippen molar-refractivity contribution < 1.29 is 13.0 Å². The zero-order chi connectivity index (χ0) is 23.8. The predicted octanol–water partition coefficient (Wildman–Crippen LogP) is 8.48. The molecular formula is C27H48N2O3S. The number of nitrogens with one attached hydrogen (secondary N) is 1. The maximum absolute atomic E-state index is 11.8. The second kappa shape index (κ2) is 16.4. The van der Waals surface area contributed by atoms with E-state index in [0.717, 1.165) is 22.8 Å². The zero-order valence-electron chi connectivity index (χ0n) is 20.9. The van der Waals surface area contributed by atoms with Crippen LogP contribution in [0.15, 0.2) is 24.3 Å². The summed E-state index contributed by atoms with van der Waals surface area (Å²) in [5.41, 5.74) is 1.30. The number of rotatable bonds is 20. The predicted molar refractivity (Wildman–Crippen MR) is 141 cm³/mol. The summed E-state index contributed by atoms with van der Waals surface area (Å²) in [6.07, 6.45) is 24.4. The second-order valence-corrected chi connectivity index (χ2v) is 11.0. The molecule has 1 aromatic carbocycles. The Bertz CT molecular complexity index is 739. The van der Waals surface area contributed by atoms with Gasteiger partial charge in [0.25, 0.3) is 0 Å². The molecule has 0 saturated heterocycles. The van der Waals surface area contributed by atoms with Gasteiger partial charge in [0, 0.05) is 0 Å². The summed E-state index contributed by atoms with van der Waals surface area (Å²) in [6.45, 7) is 2.28. The van der Waals surface area contributed by atoms with Gasteiger partial charge in [0.2, 0.25) is 0 Å². The third-order valence-electron chi connectivity index (χ3n) is 6.83. The van der Waals surface area contributed by atoms with Crippen LogP contribution in [0.25, 0.3) is 0 Å². The highest BCUT2D eigenvalue weighted by Crippen LogP contribution is 2.37. The molecule has 190 valence electrons. The Morgan fingerprint density at radius 3 is 1.61 bits per heavy atom. The van der Waals surface area contributed by atoms with Crippen molar-refractivity contribution in [1.82, 2.24) is 0 Å². The van der Waals surface area contributed by atoms with Crippen molar-refractivity contribution in [3.8, 4) is 0 Å². The summed E-state index contributed by atoms with van der Waals surface area (Å²) in [6, 6.07) is 7.24. The molecule has 5 nitrogen and oxygen atoms in total. The van der Waals surface area contributed by atoms with E-state index in [2.05, 4.69) is 12.2 Å². The minimum absolute atomic E-state index is 0.390. The van der Waals surface area contributed by atoms with Gasteiger partial charge in [-0.25, -0.2) is 4.31 Å². The number of benzene rings is 1. The fourth-order valence-corrected chi connectivity index (χ4v) is 5.80. The molecule has 0 bridgehead atoms. The van der Waals surface area contributed by atoms with Gasteiger partial charge >= 0.3 is 10.3 Å². The van der Waals surface area contributed by atoms with Crippen LogP contribution in [0, 0.1) is 0 Å². The molecule has 6 heteroatoms. The molecule has 0 fully saturated rings. The first-order valence-electron chi connectivity index (χ1n) is 13.7. The fourth-order valence-electron chi connectivity index (χ4n) is 4.91. The van der Waals surface area contributed by atoms with Crippen molar-refractivity contribution in [3.63, 3.8) is 0 Å². The second-order valence-electron chi connectivity index (χ2n) is 9.75. The molecule has 1 aliphatic heterocycles. The van der Waals surface area contributed by atoms with Crippen LogP contribution in [0.1, 0.15) is 129 Å². The first-order valence-corrected chi connectivity index (χ1v) is 15.1. The average molecular weight is 481 g/mol. The van der Waals surface area contributed by atoms with Crippen LogP contribution in [-0.4, -0.2) is 19.1 Å². The number of fused-ring (bicyclic) bond motifs is 1. The normalized spacial score (nSPS) is 15.6. The van der Waals surface area contributed by atoms with Crippen LogP contribution in [-0.2, 0) is 10.3 Å². The molecule has 1 unspecified atom stereocenters. The van der Waals surface area contributed by atoms with Crippen molar-refractivity contribution >= 4 is 21.7 Å². The summed E-state index contributed by atoms with van der Waals surface area (Å²) in [7, 11) is -4.27.